The Morgan fingerprint density at radius 3 is 2.38 bits per heavy atom. The minimum absolute atomic E-state index is 0.134. The molecule has 0 aromatic rings. The van der Waals surface area contributed by atoms with Gasteiger partial charge in [-0.3, -0.25) is 4.79 Å². The molecular weight excluding hydrogens is 164 g/mol. The Bertz CT molecular complexity index is 203. The first kappa shape index (κ1) is 9.00. The number of fused-ring (bicyclic) bond motifs is 1. The molecule has 0 radical (unpaired) electrons. The van der Waals surface area contributed by atoms with Gasteiger partial charge < -0.3 is 10.6 Å². The van der Waals surface area contributed by atoms with E-state index >= 15 is 0 Å². The lowest BCUT2D eigenvalue weighted by Gasteiger charge is -2.19. The number of rotatable bonds is 1. The smallest absolute Gasteiger partial charge is 0.239 e. The first-order chi connectivity index (χ1) is 6.18. The highest BCUT2D eigenvalue weighted by molar-refractivity contribution is 5.81. The van der Waals surface area contributed by atoms with E-state index in [9.17, 15) is 4.79 Å². The molecule has 2 rings (SSSR count). The molecule has 2 N–H and O–H groups in total. The van der Waals surface area contributed by atoms with Gasteiger partial charge in [0.2, 0.25) is 5.91 Å². The third kappa shape index (κ3) is 1.57. The van der Waals surface area contributed by atoms with E-state index < -0.39 is 0 Å². The van der Waals surface area contributed by atoms with E-state index in [0.717, 1.165) is 24.9 Å². The van der Waals surface area contributed by atoms with Gasteiger partial charge in [-0.2, -0.15) is 0 Å². The monoisotopic (exact) mass is 182 g/mol. The highest BCUT2D eigenvalue weighted by Crippen LogP contribution is 2.37. The van der Waals surface area contributed by atoms with Crippen molar-refractivity contribution in [1.29, 1.82) is 0 Å². The summed E-state index contributed by atoms with van der Waals surface area (Å²) in [6.45, 7) is 3.70. The number of hydrogen-bond donors (Lipinski definition) is 1. The van der Waals surface area contributed by atoms with Gasteiger partial charge in [-0.25, -0.2) is 0 Å². The Labute approximate surface area is 79.3 Å². The number of carbonyl (C=O) groups excluding carboxylic acids is 1. The van der Waals surface area contributed by atoms with Crippen LogP contribution in [0.25, 0.3) is 0 Å². The van der Waals surface area contributed by atoms with Crippen LogP contribution in [0.4, 0.5) is 0 Å². The number of likely N-dealkylation sites (tertiary alicyclic amines) is 1. The molecule has 13 heavy (non-hydrogen) atoms. The molecule has 74 valence electrons. The average Bonchev–Trinajstić information content (AvgIpc) is 2.59. The van der Waals surface area contributed by atoms with Gasteiger partial charge in [-0.1, -0.05) is 6.42 Å². The number of amides is 1. The van der Waals surface area contributed by atoms with E-state index in [1.165, 1.54) is 19.3 Å². The van der Waals surface area contributed by atoms with Crippen molar-refractivity contribution < 1.29 is 4.79 Å². The van der Waals surface area contributed by atoms with Crippen LogP contribution < -0.4 is 5.73 Å². The van der Waals surface area contributed by atoms with Gasteiger partial charge in [0.25, 0.3) is 0 Å². The molecular formula is C10H18N2O. The van der Waals surface area contributed by atoms with Gasteiger partial charge in [0, 0.05) is 13.1 Å². The maximum absolute atomic E-state index is 11.6. The van der Waals surface area contributed by atoms with Crippen LogP contribution in [0.2, 0.25) is 0 Å². The first-order valence-electron chi connectivity index (χ1n) is 5.23. The van der Waals surface area contributed by atoms with E-state index in [1.54, 1.807) is 6.92 Å². The molecule has 0 bridgehead atoms. The molecule has 2 aliphatic rings. The summed E-state index contributed by atoms with van der Waals surface area (Å²) in [7, 11) is 0. The van der Waals surface area contributed by atoms with Crippen LogP contribution in [0.15, 0.2) is 0 Å². The third-order valence-corrected chi connectivity index (χ3v) is 3.43. The van der Waals surface area contributed by atoms with Gasteiger partial charge >= 0.3 is 0 Å². The molecule has 0 aromatic heterocycles. The summed E-state index contributed by atoms with van der Waals surface area (Å²) >= 11 is 0. The molecule has 0 spiro atoms. The zero-order valence-electron chi connectivity index (χ0n) is 8.20. The molecule has 3 heteroatoms. The van der Waals surface area contributed by atoms with Gasteiger partial charge in [0.05, 0.1) is 6.04 Å². The summed E-state index contributed by atoms with van der Waals surface area (Å²) in [4.78, 5) is 13.5. The number of carbonyl (C=O) groups is 1. The Morgan fingerprint density at radius 1 is 1.38 bits per heavy atom. The molecule has 1 aliphatic heterocycles. The fraction of sp³-hybridized carbons (Fsp3) is 0.900. The lowest BCUT2D eigenvalue weighted by atomic mass is 10.0. The van der Waals surface area contributed by atoms with Crippen LogP contribution in [0.5, 0.6) is 0 Å². The quantitative estimate of drug-likeness (QED) is 0.645. The molecule has 2 unspecified atom stereocenters. The normalized spacial score (nSPS) is 34.8. The van der Waals surface area contributed by atoms with Gasteiger partial charge in [-0.05, 0) is 31.6 Å². The maximum atomic E-state index is 11.6. The minimum atomic E-state index is -0.321. The highest BCUT2D eigenvalue weighted by atomic mass is 16.2. The second-order valence-corrected chi connectivity index (χ2v) is 4.48. The predicted octanol–water partition coefficient (Wildman–Crippen LogP) is 0.592. The van der Waals surface area contributed by atoms with Crippen molar-refractivity contribution in [2.24, 2.45) is 17.6 Å². The summed E-state index contributed by atoms with van der Waals surface area (Å²) in [5.74, 6) is 1.69. The summed E-state index contributed by atoms with van der Waals surface area (Å²) in [6, 6.07) is -0.321. The fourth-order valence-electron chi connectivity index (χ4n) is 2.70. The number of hydrogen-bond acceptors (Lipinski definition) is 2. The van der Waals surface area contributed by atoms with Gasteiger partial charge in [0.1, 0.15) is 0 Å². The standard InChI is InChI=1S/C10H18N2O/c1-7(11)10(13)12-5-8-3-2-4-9(8)6-12/h7-9H,2-6,11H2,1H3/t7-,8?,9?/m1/s1. The number of nitrogens with zero attached hydrogens (tertiary/aromatic N) is 1. The van der Waals surface area contributed by atoms with E-state index in [1.807, 2.05) is 4.90 Å². The van der Waals surface area contributed by atoms with Crippen LogP contribution in [-0.4, -0.2) is 29.9 Å². The lowest BCUT2D eigenvalue weighted by molar-refractivity contribution is -0.131. The van der Waals surface area contributed by atoms with Gasteiger partial charge in [0.15, 0.2) is 0 Å². The van der Waals surface area contributed by atoms with Crippen LogP contribution in [-0.2, 0) is 4.79 Å². The van der Waals surface area contributed by atoms with Crippen LogP contribution in [0.3, 0.4) is 0 Å². The highest BCUT2D eigenvalue weighted by Gasteiger charge is 2.38. The summed E-state index contributed by atoms with van der Waals surface area (Å²) in [5.41, 5.74) is 5.57. The first-order valence-corrected chi connectivity index (χ1v) is 5.23. The SMILES string of the molecule is C[C@@H](N)C(=O)N1CC2CCCC2C1. The minimum Gasteiger partial charge on any atom is -0.341 e. The van der Waals surface area contributed by atoms with Crippen molar-refractivity contribution in [2.45, 2.75) is 32.2 Å². The largest absolute Gasteiger partial charge is 0.341 e. The molecule has 1 heterocycles. The van der Waals surface area contributed by atoms with E-state index in [2.05, 4.69) is 0 Å². The Hall–Kier alpha value is -0.570. The van der Waals surface area contributed by atoms with Crippen molar-refractivity contribution in [3.05, 3.63) is 0 Å². The van der Waals surface area contributed by atoms with Crippen LogP contribution in [0, 0.1) is 11.8 Å². The average molecular weight is 182 g/mol. The van der Waals surface area contributed by atoms with Crippen molar-refractivity contribution in [1.82, 2.24) is 4.90 Å². The maximum Gasteiger partial charge on any atom is 0.239 e. The molecule has 1 saturated carbocycles. The fourth-order valence-corrected chi connectivity index (χ4v) is 2.70. The summed E-state index contributed by atoms with van der Waals surface area (Å²) in [6.07, 6.45) is 3.98. The second-order valence-electron chi connectivity index (χ2n) is 4.48. The van der Waals surface area contributed by atoms with Crippen molar-refractivity contribution >= 4 is 5.91 Å². The van der Waals surface area contributed by atoms with Crippen molar-refractivity contribution in [3.63, 3.8) is 0 Å². The van der Waals surface area contributed by atoms with Crippen LogP contribution in [0.1, 0.15) is 26.2 Å². The zero-order valence-corrected chi connectivity index (χ0v) is 8.20. The third-order valence-electron chi connectivity index (χ3n) is 3.43. The van der Waals surface area contributed by atoms with E-state index in [0.29, 0.717) is 0 Å². The topological polar surface area (TPSA) is 46.3 Å². The molecule has 3 atom stereocenters. The lowest BCUT2D eigenvalue weighted by Crippen LogP contribution is -2.41. The molecule has 2 fully saturated rings. The van der Waals surface area contributed by atoms with Gasteiger partial charge in [-0.15, -0.1) is 0 Å². The van der Waals surface area contributed by atoms with E-state index in [-0.39, 0.29) is 11.9 Å². The molecule has 0 aromatic carbocycles. The molecule has 1 aliphatic carbocycles. The molecule has 1 saturated heterocycles. The summed E-state index contributed by atoms with van der Waals surface area (Å²) in [5, 5.41) is 0. The Kier molecular flexibility index (Phi) is 2.28. The summed E-state index contributed by atoms with van der Waals surface area (Å²) < 4.78 is 0. The Balaban J connectivity index is 1.95. The second kappa shape index (κ2) is 3.29. The Morgan fingerprint density at radius 2 is 1.92 bits per heavy atom. The molecule has 3 nitrogen and oxygen atoms in total. The predicted molar refractivity (Wildman–Crippen MR) is 51.1 cm³/mol. The van der Waals surface area contributed by atoms with Crippen molar-refractivity contribution in [2.75, 3.05) is 13.1 Å². The molecule has 1 amide bonds. The number of nitrogens with two attached hydrogens (primary N) is 1. The van der Waals surface area contributed by atoms with Crippen LogP contribution >= 0.6 is 0 Å². The van der Waals surface area contributed by atoms with E-state index in [4.69, 9.17) is 5.73 Å². The van der Waals surface area contributed by atoms with Crippen molar-refractivity contribution in [3.8, 4) is 0 Å². The zero-order chi connectivity index (χ0) is 9.42.